The van der Waals surface area contributed by atoms with E-state index in [0.29, 0.717) is 11.3 Å². The van der Waals surface area contributed by atoms with Crippen molar-refractivity contribution in [2.24, 2.45) is 0 Å². The molecule has 5 nitrogen and oxygen atoms in total. The highest BCUT2D eigenvalue weighted by Gasteiger charge is 2.19. The van der Waals surface area contributed by atoms with Gasteiger partial charge in [0.1, 0.15) is 0 Å². The van der Waals surface area contributed by atoms with Crippen LogP contribution < -0.4 is 10.0 Å². The molecule has 4 aromatic rings. The summed E-state index contributed by atoms with van der Waals surface area (Å²) in [7, 11) is -3.75. The third-order valence-electron chi connectivity index (χ3n) is 4.97. The maximum absolute atomic E-state index is 13.1. The number of carbonyl (C=O) groups excluding carboxylic acids is 1. The van der Waals surface area contributed by atoms with Crippen LogP contribution in [0.15, 0.2) is 120 Å². The predicted molar refractivity (Wildman–Crippen MR) is 126 cm³/mol. The van der Waals surface area contributed by atoms with Crippen LogP contribution in [-0.2, 0) is 10.0 Å². The zero-order valence-electron chi connectivity index (χ0n) is 17.2. The fourth-order valence-corrected chi connectivity index (χ4v) is 4.47. The van der Waals surface area contributed by atoms with E-state index >= 15 is 0 Å². The molecule has 6 heteroatoms. The maximum Gasteiger partial charge on any atom is 0.261 e. The van der Waals surface area contributed by atoms with E-state index in [2.05, 4.69) is 10.0 Å². The van der Waals surface area contributed by atoms with E-state index in [9.17, 15) is 13.2 Å². The van der Waals surface area contributed by atoms with Gasteiger partial charge < -0.3 is 5.32 Å². The van der Waals surface area contributed by atoms with E-state index in [1.807, 2.05) is 60.7 Å². The van der Waals surface area contributed by atoms with E-state index in [-0.39, 0.29) is 16.8 Å². The van der Waals surface area contributed by atoms with Crippen molar-refractivity contribution in [3.8, 4) is 0 Å². The third kappa shape index (κ3) is 5.04. The van der Waals surface area contributed by atoms with Gasteiger partial charge in [0, 0.05) is 11.3 Å². The number of nitrogens with one attached hydrogen (secondary N) is 2. The summed E-state index contributed by atoms with van der Waals surface area (Å²) in [6.45, 7) is 0. The molecule has 0 aliphatic carbocycles. The molecule has 4 rings (SSSR count). The van der Waals surface area contributed by atoms with Gasteiger partial charge >= 0.3 is 0 Å². The molecular weight excluding hydrogens is 420 g/mol. The molecule has 0 spiro atoms. The van der Waals surface area contributed by atoms with E-state index in [1.54, 1.807) is 36.4 Å². The van der Waals surface area contributed by atoms with Gasteiger partial charge in [-0.3, -0.25) is 9.52 Å². The number of hydrogen-bond donors (Lipinski definition) is 2. The van der Waals surface area contributed by atoms with Gasteiger partial charge in [-0.2, -0.15) is 0 Å². The van der Waals surface area contributed by atoms with Gasteiger partial charge in [0.15, 0.2) is 0 Å². The zero-order valence-corrected chi connectivity index (χ0v) is 18.0. The lowest BCUT2D eigenvalue weighted by molar-refractivity contribution is 0.0943. The van der Waals surface area contributed by atoms with Crippen molar-refractivity contribution in [3.05, 3.63) is 132 Å². The van der Waals surface area contributed by atoms with Crippen LogP contribution in [-0.4, -0.2) is 14.3 Å². The highest BCUT2D eigenvalue weighted by atomic mass is 32.2. The number of benzene rings is 4. The van der Waals surface area contributed by atoms with Gasteiger partial charge in [0.2, 0.25) is 0 Å². The maximum atomic E-state index is 13.1. The van der Waals surface area contributed by atoms with E-state index < -0.39 is 10.0 Å². The van der Waals surface area contributed by atoms with Gasteiger partial charge in [0.25, 0.3) is 15.9 Å². The van der Waals surface area contributed by atoms with Crippen LogP contribution in [0.4, 0.5) is 5.69 Å². The lowest BCUT2D eigenvalue weighted by Gasteiger charge is -2.20. The summed E-state index contributed by atoms with van der Waals surface area (Å²) in [4.78, 5) is 13.3. The van der Waals surface area contributed by atoms with Crippen LogP contribution in [0, 0.1) is 0 Å². The van der Waals surface area contributed by atoms with Gasteiger partial charge in [-0.1, -0.05) is 84.9 Å². The molecule has 0 heterocycles. The highest BCUT2D eigenvalue weighted by Crippen LogP contribution is 2.23. The third-order valence-corrected chi connectivity index (χ3v) is 6.37. The largest absolute Gasteiger partial charge is 0.341 e. The Labute approximate surface area is 187 Å². The van der Waals surface area contributed by atoms with Crippen LogP contribution in [0.1, 0.15) is 27.5 Å². The molecule has 0 fully saturated rings. The van der Waals surface area contributed by atoms with Crippen molar-refractivity contribution < 1.29 is 13.2 Å². The molecule has 32 heavy (non-hydrogen) atoms. The molecular formula is C26H22N2O3S. The second-order valence-electron chi connectivity index (χ2n) is 7.23. The van der Waals surface area contributed by atoms with E-state index in [4.69, 9.17) is 0 Å². The summed E-state index contributed by atoms with van der Waals surface area (Å²) in [6, 6.07) is 33.6. The predicted octanol–water partition coefficient (Wildman–Crippen LogP) is 5.01. The first-order chi connectivity index (χ1) is 15.5. The van der Waals surface area contributed by atoms with E-state index in [1.165, 1.54) is 18.2 Å². The SMILES string of the molecule is O=C(NC(c1ccccc1)c1ccccc1)c1cccc(NS(=O)(=O)c2ccccc2)c1. The molecule has 4 aromatic carbocycles. The average molecular weight is 443 g/mol. The Hall–Kier alpha value is -3.90. The molecule has 0 aliphatic rings. The molecule has 0 atom stereocenters. The molecule has 0 unspecified atom stereocenters. The topological polar surface area (TPSA) is 75.3 Å². The van der Waals surface area contributed by atoms with Gasteiger partial charge in [0.05, 0.1) is 10.9 Å². The monoisotopic (exact) mass is 442 g/mol. The number of rotatable bonds is 7. The fourth-order valence-electron chi connectivity index (χ4n) is 3.40. The minimum Gasteiger partial charge on any atom is -0.341 e. The summed E-state index contributed by atoms with van der Waals surface area (Å²) in [5.74, 6) is -0.302. The number of amides is 1. The Balaban J connectivity index is 1.58. The van der Waals surface area contributed by atoms with E-state index in [0.717, 1.165) is 11.1 Å². The fraction of sp³-hybridized carbons (Fsp3) is 0.0385. The van der Waals surface area contributed by atoms with Crippen LogP contribution in [0.2, 0.25) is 0 Å². The molecule has 0 aromatic heterocycles. The molecule has 1 amide bonds. The Kier molecular flexibility index (Phi) is 6.33. The Morgan fingerprint density at radius 1 is 0.656 bits per heavy atom. The Morgan fingerprint density at radius 2 is 1.19 bits per heavy atom. The van der Waals surface area contributed by atoms with Crippen molar-refractivity contribution in [2.75, 3.05) is 4.72 Å². The average Bonchev–Trinajstić information content (AvgIpc) is 2.84. The summed E-state index contributed by atoms with van der Waals surface area (Å²) in [5, 5.41) is 3.07. The second-order valence-corrected chi connectivity index (χ2v) is 8.91. The van der Waals surface area contributed by atoms with Gasteiger partial charge in [-0.15, -0.1) is 0 Å². The van der Waals surface area contributed by atoms with Crippen molar-refractivity contribution in [1.29, 1.82) is 0 Å². The molecule has 0 radical (unpaired) electrons. The Morgan fingerprint density at radius 3 is 1.75 bits per heavy atom. The first-order valence-corrected chi connectivity index (χ1v) is 11.6. The van der Waals surface area contributed by atoms with Crippen molar-refractivity contribution in [3.63, 3.8) is 0 Å². The quantitative estimate of drug-likeness (QED) is 0.423. The molecule has 0 aliphatic heterocycles. The zero-order chi connectivity index (χ0) is 22.4. The van der Waals surface area contributed by atoms with Gasteiger partial charge in [-0.05, 0) is 41.5 Å². The van der Waals surface area contributed by atoms with Crippen LogP contribution >= 0.6 is 0 Å². The first kappa shape index (κ1) is 21.3. The summed E-state index contributed by atoms with van der Waals surface area (Å²) in [6.07, 6.45) is 0. The summed E-state index contributed by atoms with van der Waals surface area (Å²) in [5.41, 5.74) is 2.58. The van der Waals surface area contributed by atoms with Gasteiger partial charge in [-0.25, -0.2) is 8.42 Å². The number of anilines is 1. The van der Waals surface area contributed by atoms with Crippen LogP contribution in [0.5, 0.6) is 0 Å². The van der Waals surface area contributed by atoms with Crippen LogP contribution in [0.25, 0.3) is 0 Å². The second kappa shape index (κ2) is 9.49. The molecule has 0 saturated carbocycles. The number of sulfonamides is 1. The van der Waals surface area contributed by atoms with Crippen molar-refractivity contribution in [2.45, 2.75) is 10.9 Å². The standard InChI is InChI=1S/C26H22N2O3S/c29-26(27-25(20-11-4-1-5-12-20)21-13-6-2-7-14-21)22-15-10-16-23(19-22)28-32(30,31)24-17-8-3-9-18-24/h1-19,25,28H,(H,27,29). The molecule has 0 bridgehead atoms. The lowest BCUT2D eigenvalue weighted by atomic mass is 9.98. The van der Waals surface area contributed by atoms with Crippen molar-refractivity contribution in [1.82, 2.24) is 5.32 Å². The first-order valence-electron chi connectivity index (χ1n) is 10.1. The number of hydrogen-bond acceptors (Lipinski definition) is 3. The summed E-state index contributed by atoms with van der Waals surface area (Å²) < 4.78 is 27.8. The molecule has 160 valence electrons. The molecule has 0 saturated heterocycles. The lowest BCUT2D eigenvalue weighted by Crippen LogP contribution is -2.29. The number of carbonyl (C=O) groups is 1. The minimum absolute atomic E-state index is 0.156. The smallest absolute Gasteiger partial charge is 0.261 e. The molecule has 2 N–H and O–H groups in total. The van der Waals surface area contributed by atoms with Crippen molar-refractivity contribution >= 4 is 21.6 Å². The Bertz CT molecular complexity index is 1250. The normalized spacial score (nSPS) is 11.2. The minimum atomic E-state index is -3.75. The van der Waals surface area contributed by atoms with Crippen LogP contribution in [0.3, 0.4) is 0 Å². The highest BCUT2D eigenvalue weighted by molar-refractivity contribution is 7.92. The summed E-state index contributed by atoms with van der Waals surface area (Å²) >= 11 is 0.